The number of hydrogen-bond acceptors (Lipinski definition) is 16. The van der Waals surface area contributed by atoms with Crippen LogP contribution in [0.1, 0.15) is 82.6 Å². The Hall–Kier alpha value is -5.62. The molecule has 0 spiro atoms. The van der Waals surface area contributed by atoms with Gasteiger partial charge in [0.05, 0.1) is 19.4 Å². The molecule has 0 amide bonds. The van der Waals surface area contributed by atoms with E-state index in [9.17, 15) is 0 Å². The average Bonchev–Trinajstić information content (AvgIpc) is 4.14. The third-order valence-electron chi connectivity index (χ3n) is 10.7. The number of nitriles is 1. The van der Waals surface area contributed by atoms with Crippen molar-refractivity contribution in [3.05, 3.63) is 231 Å². The summed E-state index contributed by atoms with van der Waals surface area (Å²) in [6, 6.07) is 65.8. The van der Waals surface area contributed by atoms with Crippen molar-refractivity contribution in [1.29, 1.82) is 5.26 Å². The number of rotatable bonds is 15. The van der Waals surface area contributed by atoms with Gasteiger partial charge in [0.25, 0.3) is 0 Å². The van der Waals surface area contributed by atoms with Gasteiger partial charge in [0.1, 0.15) is 6.54 Å². The number of halogens is 1. The number of nitrogen functional groups attached to an aromatic ring is 1. The number of para-hydroxylation sites is 3. The summed E-state index contributed by atoms with van der Waals surface area (Å²) in [5.41, 5.74) is 17.4. The molecule has 16 nitrogen and oxygen atoms in total. The zero-order valence-electron chi connectivity index (χ0n) is 50.9. The van der Waals surface area contributed by atoms with Crippen molar-refractivity contribution in [3.8, 4) is 6.07 Å². The zero-order valence-corrected chi connectivity index (χ0v) is 61.6. The molecule has 3 radical (unpaired) electrons. The number of nitrogens with zero attached hydrogens (tertiary/aromatic N) is 9. The van der Waals surface area contributed by atoms with E-state index in [1.54, 1.807) is 44.2 Å². The molecule has 88 heavy (non-hydrogen) atoms. The summed E-state index contributed by atoms with van der Waals surface area (Å²) in [6.07, 6.45) is 13.8. The first-order chi connectivity index (χ1) is 40.9. The van der Waals surface area contributed by atoms with Gasteiger partial charge < -0.3 is 35.0 Å². The Morgan fingerprint density at radius 2 is 0.920 bits per heavy atom. The number of hydrogen-bond donors (Lipinski definition) is 5. The van der Waals surface area contributed by atoms with Gasteiger partial charge in [-0.15, -0.1) is 39.5 Å². The number of hydrazine groups is 2. The number of aromatic nitrogens is 5. The molecule has 6 aromatic carbocycles. The quantitative estimate of drug-likeness (QED) is 0.0160. The monoisotopic (exact) mass is 1530 g/mol. The van der Waals surface area contributed by atoms with Crippen LogP contribution in [0.25, 0.3) is 32.7 Å². The Balaban J connectivity index is -0.000000527. The van der Waals surface area contributed by atoms with E-state index < -0.39 is 0 Å². The minimum atomic E-state index is 0. The molecule has 10 rings (SSSR count). The average molecular weight is 1530 g/mol. The minimum Gasteiger partial charge on any atom is -0.505 e. The Kier molecular flexibility index (Phi) is 57.1. The first kappa shape index (κ1) is 88.8. The molecule has 0 unspecified atom stereocenters. The fourth-order valence-electron chi connectivity index (χ4n) is 7.34. The number of alkyl halides is 1. The largest absolute Gasteiger partial charge is 0.505 e. The predicted octanol–water partition coefficient (Wildman–Crippen LogP) is 16.3. The van der Waals surface area contributed by atoms with Gasteiger partial charge in [0.15, 0.2) is 0 Å². The molecule has 20 heteroatoms. The molecule has 0 saturated carbocycles. The van der Waals surface area contributed by atoms with Crippen molar-refractivity contribution in [2.75, 3.05) is 45.1 Å². The van der Waals surface area contributed by atoms with Crippen LogP contribution in [0.5, 0.6) is 0 Å². The summed E-state index contributed by atoms with van der Waals surface area (Å²) in [5.74, 6) is 13.8. The van der Waals surface area contributed by atoms with Crippen LogP contribution in [0, 0.1) is 29.5 Å². The molecule has 10 aromatic rings. The molecule has 0 aliphatic heterocycles. The first-order valence-corrected chi connectivity index (χ1v) is 28.7. The molecule has 4 aromatic heterocycles. The van der Waals surface area contributed by atoms with Crippen LogP contribution in [0.15, 0.2) is 211 Å². The molecule has 0 saturated heterocycles. The maximum Gasteiger partial charge on any atom is 0.312 e. The van der Waals surface area contributed by atoms with E-state index in [0.717, 1.165) is 73.4 Å². The summed E-state index contributed by atoms with van der Waals surface area (Å²) in [7, 11) is 1.65. The number of ether oxygens (including phenoxy) is 1. The number of benzene rings is 6. The normalized spacial score (nSPS) is 9.14. The summed E-state index contributed by atoms with van der Waals surface area (Å²) in [6.45, 7) is 17.5. The van der Waals surface area contributed by atoms with Crippen LogP contribution in [0.4, 0.5) is 40.1 Å². The van der Waals surface area contributed by atoms with E-state index in [1.165, 1.54) is 17.8 Å². The van der Waals surface area contributed by atoms with Crippen LogP contribution in [-0.4, -0.2) is 49.8 Å². The Morgan fingerprint density at radius 1 is 0.580 bits per heavy atom. The predicted molar refractivity (Wildman–Crippen MR) is 369 cm³/mol. The van der Waals surface area contributed by atoms with E-state index in [1.807, 2.05) is 163 Å². The van der Waals surface area contributed by atoms with E-state index in [4.69, 9.17) is 26.0 Å². The van der Waals surface area contributed by atoms with Crippen molar-refractivity contribution >= 4 is 95.4 Å². The number of nitrogens with two attached hydrogens (primary N) is 4. The molecule has 4 heterocycles. The van der Waals surface area contributed by atoms with Gasteiger partial charge in [-0.1, -0.05) is 182 Å². The number of pyridine rings is 3. The maximum atomic E-state index is 7.32. The maximum absolute atomic E-state index is 7.32. The van der Waals surface area contributed by atoms with Gasteiger partial charge >= 0.3 is 6.01 Å². The number of anilines is 7. The molecule has 0 aliphatic rings. The van der Waals surface area contributed by atoms with Crippen molar-refractivity contribution in [3.63, 3.8) is 0 Å². The molecular weight excluding hydrogens is 1440 g/mol. The second kappa shape index (κ2) is 56.6. The number of nitrogens with one attached hydrogen (secondary N) is 1. The fraction of sp³-hybridized carbons (Fsp3) is 0.235. The zero-order chi connectivity index (χ0) is 60.9. The van der Waals surface area contributed by atoms with Crippen LogP contribution >= 0.6 is 22.6 Å². The van der Waals surface area contributed by atoms with Crippen LogP contribution < -0.4 is 43.4 Å². The van der Waals surface area contributed by atoms with E-state index >= 15 is 0 Å². The fourth-order valence-corrected chi connectivity index (χ4v) is 7.34. The van der Waals surface area contributed by atoms with Crippen LogP contribution in [0.3, 0.4) is 0 Å². The topological polar surface area (TPSA) is 236 Å². The Labute approximate surface area is 614 Å². The van der Waals surface area contributed by atoms with Gasteiger partial charge in [-0.3, -0.25) is 32.5 Å². The Bertz CT molecular complexity index is 3230. The van der Waals surface area contributed by atoms with Gasteiger partial charge in [0, 0.05) is 158 Å². The SMILES string of the molecule is C.C.CC.CC.CC.CC#N.CCCI.COC=CCN(c1ccccc1)c1ccc2nc[c-]cc2c1.NN.NNC=CCN(c1ccccc1)c1ccc2nc[c-]cc2c1.Nc1nnc(CN(c2ccccc2)c2ccc3nc[c-]cc3c2)o1.[Y].[Y].[Y]. The van der Waals surface area contributed by atoms with Gasteiger partial charge in [-0.2, -0.15) is 5.26 Å². The van der Waals surface area contributed by atoms with E-state index in [0.29, 0.717) is 19.0 Å². The van der Waals surface area contributed by atoms with Crippen LogP contribution in [0.2, 0.25) is 0 Å². The molecule has 0 aliphatic carbocycles. The van der Waals surface area contributed by atoms with Crippen LogP contribution in [-0.2, 0) is 109 Å². The molecular formula is C68H88IN14O2Y3-3. The van der Waals surface area contributed by atoms with Crippen molar-refractivity contribution in [2.24, 2.45) is 17.5 Å². The van der Waals surface area contributed by atoms with Crippen molar-refractivity contribution < 1.29 is 107 Å². The van der Waals surface area contributed by atoms with E-state index in [2.05, 4.69) is 159 Å². The molecule has 0 fully saturated rings. The van der Waals surface area contributed by atoms with Gasteiger partial charge in [0.2, 0.25) is 5.89 Å². The number of methoxy groups -OCH3 is 1. The van der Waals surface area contributed by atoms with Gasteiger partial charge in [-0.25, -0.2) is 36.4 Å². The molecule has 461 valence electrons. The van der Waals surface area contributed by atoms with Gasteiger partial charge in [-0.05, 0) is 94.1 Å². The molecule has 0 bridgehead atoms. The summed E-state index contributed by atoms with van der Waals surface area (Å²) in [4.78, 5) is 19.5. The molecule has 0 atom stereocenters. The standard InChI is InChI=1S/C19H17N2O.C18H14N5O.C18H17N4.C3H7I.C2H3N.3C2H6.2CH4.H4N2.3Y/c1-22-14-6-13-21(17-8-3-2-4-9-17)18-10-11-19-16(15-18)7-5-12-20-19;19-18-22-21-17(24-18)12-23(14-6-2-1-3-7-14)15-8-9-16-13(11-15)5-4-10-20-16;19-21-12-5-13-22(16-7-2-1-3-8-16)17-9-10-18-15(14-17)6-4-11-20-18;1-2-3-4;1-2-3;3*1-2;;;1-2;;;/h2-4,6-12,14-15H,13H2,1H3;1-3,5-11H,12H2,(H2,19,22);1-3,5-12,14,21H,13,19H2;2-3H2,1H3;1H3;3*1-2H3;2*1H4;1-2H2;;;/q3*-1;;;;;;;;;;;. The van der Waals surface area contributed by atoms with E-state index in [-0.39, 0.29) is 119 Å². The summed E-state index contributed by atoms with van der Waals surface area (Å²) < 4.78 is 11.6. The third kappa shape index (κ3) is 31.7. The second-order valence-corrected chi connectivity index (χ2v) is 17.0. The summed E-state index contributed by atoms with van der Waals surface area (Å²) in [5, 5.41) is 18.2. The second-order valence-electron chi connectivity index (χ2n) is 15.9. The first-order valence-electron chi connectivity index (χ1n) is 27.2. The van der Waals surface area contributed by atoms with Crippen molar-refractivity contribution in [1.82, 2.24) is 30.6 Å². The molecule has 9 N–H and O–H groups in total. The Morgan fingerprint density at radius 3 is 1.24 bits per heavy atom. The van der Waals surface area contributed by atoms with Crippen molar-refractivity contribution in [2.45, 2.75) is 83.2 Å². The smallest absolute Gasteiger partial charge is 0.312 e. The summed E-state index contributed by atoms with van der Waals surface area (Å²) >= 11 is 2.35. The minimum absolute atomic E-state index is 0. The third-order valence-corrected chi connectivity index (χ3v) is 11.8. The number of fused-ring (bicyclic) bond motifs is 3.